The maximum atomic E-state index is 12.2. The van der Waals surface area contributed by atoms with Gasteiger partial charge < -0.3 is 9.64 Å². The van der Waals surface area contributed by atoms with Crippen molar-refractivity contribution in [2.75, 3.05) is 26.3 Å². The van der Waals surface area contributed by atoms with Crippen LogP contribution in [0.5, 0.6) is 0 Å². The standard InChI is InChI=1S/C13H18BrNO2/c1-3-15(8-9-17-4-2)13(16)11-6-5-7-12(14)10-11/h5-7,10H,3-4,8-9H2,1-2H3. The largest absolute Gasteiger partial charge is 0.380 e. The molecule has 1 aromatic rings. The first kappa shape index (κ1) is 14.2. The van der Waals surface area contributed by atoms with Gasteiger partial charge in [0, 0.05) is 29.7 Å². The maximum Gasteiger partial charge on any atom is 0.253 e. The van der Waals surface area contributed by atoms with Gasteiger partial charge in [0.15, 0.2) is 0 Å². The Morgan fingerprint density at radius 3 is 2.76 bits per heavy atom. The van der Waals surface area contributed by atoms with Crippen molar-refractivity contribution in [3.63, 3.8) is 0 Å². The summed E-state index contributed by atoms with van der Waals surface area (Å²) in [7, 11) is 0. The molecule has 3 nitrogen and oxygen atoms in total. The molecule has 0 aliphatic carbocycles. The fraction of sp³-hybridized carbons (Fsp3) is 0.462. The molecular weight excluding hydrogens is 282 g/mol. The van der Waals surface area contributed by atoms with Gasteiger partial charge in [0.2, 0.25) is 0 Å². The molecule has 0 N–H and O–H groups in total. The Morgan fingerprint density at radius 2 is 2.18 bits per heavy atom. The maximum absolute atomic E-state index is 12.2. The normalized spacial score (nSPS) is 10.3. The molecule has 1 aromatic carbocycles. The van der Waals surface area contributed by atoms with Gasteiger partial charge in [-0.3, -0.25) is 4.79 Å². The van der Waals surface area contributed by atoms with Gasteiger partial charge in [0.25, 0.3) is 5.91 Å². The van der Waals surface area contributed by atoms with E-state index < -0.39 is 0 Å². The minimum Gasteiger partial charge on any atom is -0.380 e. The van der Waals surface area contributed by atoms with Gasteiger partial charge in [-0.1, -0.05) is 22.0 Å². The third kappa shape index (κ3) is 4.48. The van der Waals surface area contributed by atoms with Crippen molar-refractivity contribution < 1.29 is 9.53 Å². The number of rotatable bonds is 6. The lowest BCUT2D eigenvalue weighted by atomic mass is 10.2. The Kier molecular flexibility index (Phi) is 6.22. The topological polar surface area (TPSA) is 29.5 Å². The van der Waals surface area contributed by atoms with Gasteiger partial charge in [0.1, 0.15) is 0 Å². The lowest BCUT2D eigenvalue weighted by Crippen LogP contribution is -2.33. The van der Waals surface area contributed by atoms with Crippen molar-refractivity contribution in [2.24, 2.45) is 0 Å². The van der Waals surface area contributed by atoms with Gasteiger partial charge in [-0.25, -0.2) is 0 Å². The Bertz CT molecular complexity index is 368. The SMILES string of the molecule is CCOCCN(CC)C(=O)c1cccc(Br)c1. The van der Waals surface area contributed by atoms with E-state index in [4.69, 9.17) is 4.74 Å². The molecule has 94 valence electrons. The number of hydrogen-bond acceptors (Lipinski definition) is 2. The first-order valence-corrected chi connectivity index (χ1v) is 6.61. The smallest absolute Gasteiger partial charge is 0.253 e. The van der Waals surface area contributed by atoms with Crippen LogP contribution in [0.25, 0.3) is 0 Å². The van der Waals surface area contributed by atoms with Crippen molar-refractivity contribution >= 4 is 21.8 Å². The zero-order chi connectivity index (χ0) is 12.7. The van der Waals surface area contributed by atoms with Gasteiger partial charge in [-0.05, 0) is 32.0 Å². The number of benzene rings is 1. The average molecular weight is 300 g/mol. The fourth-order valence-corrected chi connectivity index (χ4v) is 1.93. The number of ether oxygens (including phenoxy) is 1. The summed E-state index contributed by atoms with van der Waals surface area (Å²) in [5.74, 6) is 0.0495. The highest BCUT2D eigenvalue weighted by atomic mass is 79.9. The molecule has 0 unspecified atom stereocenters. The van der Waals surface area contributed by atoms with E-state index in [1.165, 1.54) is 0 Å². The molecular formula is C13H18BrNO2. The van der Waals surface area contributed by atoms with E-state index in [-0.39, 0.29) is 5.91 Å². The van der Waals surface area contributed by atoms with Crippen molar-refractivity contribution in [1.29, 1.82) is 0 Å². The summed E-state index contributed by atoms with van der Waals surface area (Å²) in [5.41, 5.74) is 0.706. The highest BCUT2D eigenvalue weighted by molar-refractivity contribution is 9.10. The van der Waals surface area contributed by atoms with E-state index >= 15 is 0 Å². The molecule has 0 radical (unpaired) electrons. The van der Waals surface area contributed by atoms with E-state index in [2.05, 4.69) is 15.9 Å². The number of likely N-dealkylation sites (N-methyl/N-ethyl adjacent to an activating group) is 1. The highest BCUT2D eigenvalue weighted by Gasteiger charge is 2.13. The number of carbonyl (C=O) groups is 1. The Balaban J connectivity index is 2.65. The predicted molar refractivity (Wildman–Crippen MR) is 72.2 cm³/mol. The van der Waals surface area contributed by atoms with Crippen LogP contribution in [0.15, 0.2) is 28.7 Å². The predicted octanol–water partition coefficient (Wildman–Crippen LogP) is 2.95. The molecule has 1 rings (SSSR count). The van der Waals surface area contributed by atoms with Crippen LogP contribution in [0.4, 0.5) is 0 Å². The molecule has 0 aliphatic rings. The van der Waals surface area contributed by atoms with Crippen LogP contribution in [0.2, 0.25) is 0 Å². The quantitative estimate of drug-likeness (QED) is 0.756. The van der Waals surface area contributed by atoms with Gasteiger partial charge in [-0.2, -0.15) is 0 Å². The molecule has 0 atom stereocenters. The zero-order valence-electron chi connectivity index (χ0n) is 10.3. The molecule has 0 bridgehead atoms. The number of carbonyl (C=O) groups excluding carboxylic acids is 1. The molecule has 0 heterocycles. The summed E-state index contributed by atoms with van der Waals surface area (Å²) in [6.07, 6.45) is 0. The Hall–Kier alpha value is -0.870. The highest BCUT2D eigenvalue weighted by Crippen LogP contribution is 2.13. The zero-order valence-corrected chi connectivity index (χ0v) is 11.9. The van der Waals surface area contributed by atoms with Crippen LogP contribution in [0.1, 0.15) is 24.2 Å². The summed E-state index contributed by atoms with van der Waals surface area (Å²) in [6, 6.07) is 7.45. The van der Waals surface area contributed by atoms with Crippen LogP contribution in [0.3, 0.4) is 0 Å². The molecule has 0 fully saturated rings. The van der Waals surface area contributed by atoms with E-state index in [0.29, 0.717) is 31.9 Å². The van der Waals surface area contributed by atoms with Gasteiger partial charge in [-0.15, -0.1) is 0 Å². The van der Waals surface area contributed by atoms with Crippen LogP contribution in [0, 0.1) is 0 Å². The van der Waals surface area contributed by atoms with Crippen LogP contribution >= 0.6 is 15.9 Å². The molecule has 4 heteroatoms. The summed E-state index contributed by atoms with van der Waals surface area (Å²) in [5, 5.41) is 0. The van der Waals surface area contributed by atoms with Crippen molar-refractivity contribution in [2.45, 2.75) is 13.8 Å². The van der Waals surface area contributed by atoms with Crippen LogP contribution in [-0.2, 0) is 4.74 Å². The number of amides is 1. The molecule has 1 amide bonds. The van der Waals surface area contributed by atoms with Gasteiger partial charge >= 0.3 is 0 Å². The molecule has 0 aromatic heterocycles. The third-order valence-electron chi connectivity index (χ3n) is 2.45. The average Bonchev–Trinajstić information content (AvgIpc) is 2.34. The van der Waals surface area contributed by atoms with E-state index in [1.807, 2.05) is 38.1 Å². The summed E-state index contributed by atoms with van der Waals surface area (Å²) in [4.78, 5) is 14.0. The van der Waals surface area contributed by atoms with Crippen molar-refractivity contribution in [3.05, 3.63) is 34.3 Å². The number of nitrogens with zero attached hydrogens (tertiary/aromatic N) is 1. The van der Waals surface area contributed by atoms with Crippen LogP contribution in [-0.4, -0.2) is 37.1 Å². The summed E-state index contributed by atoms with van der Waals surface area (Å²) in [6.45, 7) is 6.52. The summed E-state index contributed by atoms with van der Waals surface area (Å²) < 4.78 is 6.19. The second-order valence-electron chi connectivity index (χ2n) is 3.59. The van der Waals surface area contributed by atoms with Crippen molar-refractivity contribution in [1.82, 2.24) is 4.90 Å². The van der Waals surface area contributed by atoms with E-state index in [9.17, 15) is 4.79 Å². The molecule has 0 saturated carbocycles. The first-order chi connectivity index (χ1) is 8.19. The first-order valence-electron chi connectivity index (χ1n) is 5.81. The van der Waals surface area contributed by atoms with Gasteiger partial charge in [0.05, 0.1) is 6.61 Å². The van der Waals surface area contributed by atoms with Crippen molar-refractivity contribution in [3.8, 4) is 0 Å². The monoisotopic (exact) mass is 299 g/mol. The number of hydrogen-bond donors (Lipinski definition) is 0. The fourth-order valence-electron chi connectivity index (χ4n) is 1.53. The number of halogens is 1. The second-order valence-corrected chi connectivity index (χ2v) is 4.51. The molecule has 0 aliphatic heterocycles. The lowest BCUT2D eigenvalue weighted by Gasteiger charge is -2.20. The molecule has 0 saturated heterocycles. The third-order valence-corrected chi connectivity index (χ3v) is 2.94. The molecule has 0 spiro atoms. The Labute approximate surface area is 111 Å². The van der Waals surface area contributed by atoms with E-state index in [1.54, 1.807) is 4.90 Å². The summed E-state index contributed by atoms with van der Waals surface area (Å²) >= 11 is 3.37. The minimum absolute atomic E-state index is 0.0495. The Morgan fingerprint density at radius 1 is 1.41 bits per heavy atom. The van der Waals surface area contributed by atoms with Crippen LogP contribution < -0.4 is 0 Å². The minimum atomic E-state index is 0.0495. The second kappa shape index (κ2) is 7.45. The lowest BCUT2D eigenvalue weighted by molar-refractivity contribution is 0.0669. The molecule has 17 heavy (non-hydrogen) atoms. The van der Waals surface area contributed by atoms with E-state index in [0.717, 1.165) is 4.47 Å².